The Balaban J connectivity index is 1.57. The SMILES string of the molecule is CCOc1cc(/C=C2\C(=O)NC(=S)N(c3ccc(CC)cc3)C2=O)c(Br)cc1OCC(=O)Nc1ccc(F)cc1. The Morgan fingerprint density at radius 2 is 1.73 bits per heavy atom. The molecule has 1 fully saturated rings. The molecule has 0 atom stereocenters. The average molecular weight is 627 g/mol. The highest BCUT2D eigenvalue weighted by Crippen LogP contribution is 2.35. The lowest BCUT2D eigenvalue weighted by atomic mass is 10.1. The number of thiocarbonyl (C=S) groups is 1. The van der Waals surface area contributed by atoms with Crippen molar-refractivity contribution in [2.75, 3.05) is 23.4 Å². The summed E-state index contributed by atoms with van der Waals surface area (Å²) in [6.45, 7) is 3.77. The average Bonchev–Trinajstić information content (AvgIpc) is 2.93. The van der Waals surface area contributed by atoms with Crippen molar-refractivity contribution in [3.05, 3.63) is 87.7 Å². The molecule has 2 N–H and O–H groups in total. The number of carbonyl (C=O) groups excluding carboxylic acids is 3. The Kier molecular flexibility index (Phi) is 9.28. The highest BCUT2D eigenvalue weighted by molar-refractivity contribution is 9.10. The highest BCUT2D eigenvalue weighted by Gasteiger charge is 2.34. The van der Waals surface area contributed by atoms with Crippen LogP contribution in [0.25, 0.3) is 6.08 Å². The normalized spacial score (nSPS) is 14.2. The van der Waals surface area contributed by atoms with Crippen molar-refractivity contribution in [3.63, 3.8) is 0 Å². The molecular weight excluding hydrogens is 601 g/mol. The summed E-state index contributed by atoms with van der Waals surface area (Å²) in [7, 11) is 0. The van der Waals surface area contributed by atoms with Crippen LogP contribution in [0, 0.1) is 5.82 Å². The van der Waals surface area contributed by atoms with Gasteiger partial charge in [-0.2, -0.15) is 0 Å². The quantitative estimate of drug-likeness (QED) is 0.188. The largest absolute Gasteiger partial charge is 0.490 e. The van der Waals surface area contributed by atoms with E-state index in [4.69, 9.17) is 21.7 Å². The van der Waals surface area contributed by atoms with E-state index in [1.165, 1.54) is 35.2 Å². The molecule has 0 saturated carbocycles. The molecule has 0 aliphatic carbocycles. The highest BCUT2D eigenvalue weighted by atomic mass is 79.9. The van der Waals surface area contributed by atoms with Gasteiger partial charge in [-0.25, -0.2) is 4.39 Å². The van der Waals surface area contributed by atoms with Gasteiger partial charge in [0.1, 0.15) is 11.4 Å². The van der Waals surface area contributed by atoms with Crippen LogP contribution in [-0.4, -0.2) is 36.0 Å². The summed E-state index contributed by atoms with van der Waals surface area (Å²) in [5.41, 5.74) is 2.41. The summed E-state index contributed by atoms with van der Waals surface area (Å²) in [6, 6.07) is 15.9. The van der Waals surface area contributed by atoms with Crippen molar-refractivity contribution in [2.24, 2.45) is 0 Å². The molecule has 0 unspecified atom stereocenters. The van der Waals surface area contributed by atoms with Crippen LogP contribution in [0.1, 0.15) is 25.0 Å². The molecule has 4 rings (SSSR count). The molecule has 1 saturated heterocycles. The van der Waals surface area contributed by atoms with Crippen molar-refractivity contribution in [1.82, 2.24) is 5.32 Å². The molecule has 1 aliphatic rings. The van der Waals surface area contributed by atoms with Crippen LogP contribution in [0.3, 0.4) is 0 Å². The van der Waals surface area contributed by atoms with Crippen LogP contribution in [0.5, 0.6) is 11.5 Å². The van der Waals surface area contributed by atoms with Gasteiger partial charge in [0.05, 0.1) is 12.3 Å². The molecule has 206 valence electrons. The third-order valence-corrected chi connectivity index (χ3v) is 6.83. The van der Waals surface area contributed by atoms with Crippen LogP contribution >= 0.6 is 28.1 Å². The van der Waals surface area contributed by atoms with Crippen LogP contribution in [0.2, 0.25) is 0 Å². The lowest BCUT2D eigenvalue weighted by molar-refractivity contribution is -0.122. The number of nitrogens with one attached hydrogen (secondary N) is 2. The van der Waals surface area contributed by atoms with Gasteiger partial charge in [0, 0.05) is 10.2 Å². The number of hydrogen-bond donors (Lipinski definition) is 2. The molecule has 0 spiro atoms. The van der Waals surface area contributed by atoms with Gasteiger partial charge in [-0.15, -0.1) is 0 Å². The van der Waals surface area contributed by atoms with E-state index in [2.05, 4.69) is 26.6 Å². The zero-order valence-corrected chi connectivity index (χ0v) is 24.0. The van der Waals surface area contributed by atoms with E-state index < -0.39 is 23.5 Å². The number of halogens is 2. The fourth-order valence-electron chi connectivity index (χ4n) is 3.84. The molecule has 3 amide bonds. The van der Waals surface area contributed by atoms with E-state index in [-0.39, 0.29) is 23.0 Å². The van der Waals surface area contributed by atoms with E-state index in [0.717, 1.165) is 12.0 Å². The Hall–Kier alpha value is -4.09. The van der Waals surface area contributed by atoms with Gasteiger partial charge in [-0.05, 0) is 91.3 Å². The standard InChI is InChI=1S/C29H25BrFN3O5S/c1-3-17-5-11-21(12-6-17)34-28(37)22(27(36)33-29(34)40)13-18-14-24(38-4-2)25(15-23(18)30)39-16-26(35)32-20-9-7-19(31)8-10-20/h5-15H,3-4,16H2,1-2H3,(H,32,35)(H,33,36,40)/b22-13+. The summed E-state index contributed by atoms with van der Waals surface area (Å²) >= 11 is 8.74. The molecule has 1 heterocycles. The van der Waals surface area contributed by atoms with E-state index in [9.17, 15) is 18.8 Å². The number of anilines is 2. The molecule has 3 aromatic rings. The Morgan fingerprint density at radius 3 is 2.38 bits per heavy atom. The van der Waals surface area contributed by atoms with Gasteiger partial charge in [0.25, 0.3) is 17.7 Å². The molecule has 1 aliphatic heterocycles. The maximum absolute atomic E-state index is 13.4. The van der Waals surface area contributed by atoms with Crippen molar-refractivity contribution in [3.8, 4) is 11.5 Å². The van der Waals surface area contributed by atoms with Crippen molar-refractivity contribution >= 4 is 68.4 Å². The minimum Gasteiger partial charge on any atom is -0.490 e. The van der Waals surface area contributed by atoms with Gasteiger partial charge in [-0.1, -0.05) is 35.0 Å². The predicted octanol–water partition coefficient (Wildman–Crippen LogP) is 5.40. The molecule has 0 bridgehead atoms. The summed E-state index contributed by atoms with van der Waals surface area (Å²) in [4.78, 5) is 39.8. The third kappa shape index (κ3) is 6.72. The summed E-state index contributed by atoms with van der Waals surface area (Å²) in [5, 5.41) is 5.19. The fraction of sp³-hybridized carbons (Fsp3) is 0.172. The van der Waals surface area contributed by atoms with Crippen molar-refractivity contribution < 1.29 is 28.2 Å². The van der Waals surface area contributed by atoms with Crippen molar-refractivity contribution in [2.45, 2.75) is 20.3 Å². The van der Waals surface area contributed by atoms with Gasteiger partial charge in [0.15, 0.2) is 23.2 Å². The van der Waals surface area contributed by atoms with Gasteiger partial charge < -0.3 is 14.8 Å². The maximum atomic E-state index is 13.4. The number of benzene rings is 3. The number of hydrogen-bond acceptors (Lipinski definition) is 6. The van der Waals surface area contributed by atoms with Gasteiger partial charge in [-0.3, -0.25) is 24.6 Å². The number of aryl methyl sites for hydroxylation is 1. The molecule has 3 aromatic carbocycles. The Labute approximate surface area is 244 Å². The van der Waals surface area contributed by atoms with Crippen LogP contribution in [0.15, 0.2) is 70.7 Å². The fourth-order valence-corrected chi connectivity index (χ4v) is 4.56. The minimum absolute atomic E-state index is 0.00636. The van der Waals surface area contributed by atoms with E-state index in [1.54, 1.807) is 31.2 Å². The first-order valence-electron chi connectivity index (χ1n) is 12.3. The van der Waals surface area contributed by atoms with E-state index in [0.29, 0.717) is 33.8 Å². The smallest absolute Gasteiger partial charge is 0.270 e. The number of nitrogens with zero attached hydrogens (tertiary/aromatic N) is 1. The summed E-state index contributed by atoms with van der Waals surface area (Å²) in [6.07, 6.45) is 2.28. The zero-order valence-electron chi connectivity index (χ0n) is 21.6. The molecule has 40 heavy (non-hydrogen) atoms. The minimum atomic E-state index is -0.626. The summed E-state index contributed by atoms with van der Waals surface area (Å²) in [5.74, 6) is -1.49. The summed E-state index contributed by atoms with van der Waals surface area (Å²) < 4.78 is 25.0. The topological polar surface area (TPSA) is 97.0 Å². The molecule has 11 heteroatoms. The first kappa shape index (κ1) is 28.9. The molecule has 0 radical (unpaired) electrons. The monoisotopic (exact) mass is 625 g/mol. The molecule has 8 nitrogen and oxygen atoms in total. The Morgan fingerprint density at radius 1 is 1.05 bits per heavy atom. The lowest BCUT2D eigenvalue weighted by Crippen LogP contribution is -2.54. The second-order valence-electron chi connectivity index (χ2n) is 8.58. The van der Waals surface area contributed by atoms with Crippen molar-refractivity contribution in [1.29, 1.82) is 0 Å². The number of rotatable bonds is 9. The maximum Gasteiger partial charge on any atom is 0.270 e. The third-order valence-electron chi connectivity index (χ3n) is 5.85. The first-order valence-corrected chi connectivity index (χ1v) is 13.5. The van der Waals surface area contributed by atoms with Gasteiger partial charge in [0.2, 0.25) is 0 Å². The number of carbonyl (C=O) groups is 3. The van der Waals surface area contributed by atoms with Gasteiger partial charge >= 0.3 is 0 Å². The van der Waals surface area contributed by atoms with Crippen LogP contribution in [0.4, 0.5) is 15.8 Å². The molecular formula is C29H25BrFN3O5S. The zero-order chi connectivity index (χ0) is 28.8. The second kappa shape index (κ2) is 12.8. The number of amides is 3. The Bertz CT molecular complexity index is 1490. The predicted molar refractivity (Wildman–Crippen MR) is 158 cm³/mol. The second-order valence-corrected chi connectivity index (χ2v) is 9.82. The lowest BCUT2D eigenvalue weighted by Gasteiger charge is -2.29. The van der Waals surface area contributed by atoms with E-state index in [1.807, 2.05) is 19.1 Å². The van der Waals surface area contributed by atoms with Crippen LogP contribution < -0.4 is 25.0 Å². The van der Waals surface area contributed by atoms with Crippen LogP contribution in [-0.2, 0) is 20.8 Å². The number of ether oxygens (including phenoxy) is 2. The molecule has 0 aromatic heterocycles. The first-order chi connectivity index (χ1) is 19.2. The van der Waals surface area contributed by atoms with E-state index >= 15 is 0 Å².